The summed E-state index contributed by atoms with van der Waals surface area (Å²) in [7, 11) is 1.21. The van der Waals surface area contributed by atoms with E-state index < -0.39 is 47.8 Å². The highest BCUT2D eigenvalue weighted by molar-refractivity contribution is 5.91. The van der Waals surface area contributed by atoms with Gasteiger partial charge in [-0.3, -0.25) is 4.79 Å². The Labute approximate surface area is 204 Å². The maximum absolute atomic E-state index is 13.5. The molecule has 1 aliphatic heterocycles. The Morgan fingerprint density at radius 2 is 1.80 bits per heavy atom. The molecule has 0 aliphatic carbocycles. The van der Waals surface area contributed by atoms with Gasteiger partial charge in [-0.2, -0.15) is 0 Å². The molecule has 1 unspecified atom stereocenters. The number of ether oxygens (including phenoxy) is 3. The molecule has 0 radical (unpaired) electrons. The highest BCUT2D eigenvalue weighted by Crippen LogP contribution is 2.27. The number of nitrogens with zero attached hydrogens (tertiary/aromatic N) is 1. The molecule has 11 heteroatoms. The van der Waals surface area contributed by atoms with E-state index in [-0.39, 0.29) is 19.6 Å². The number of likely N-dealkylation sites (tertiary alicyclic amines) is 1. The molecule has 0 aromatic heterocycles. The summed E-state index contributed by atoms with van der Waals surface area (Å²) in [5.74, 6) is -1.28. The van der Waals surface area contributed by atoms with E-state index in [0.717, 1.165) is 5.56 Å². The number of hydrogen-bond acceptors (Lipinski definition) is 8. The minimum absolute atomic E-state index is 0.0166. The standard InChI is InChI=1S/C24H33N3O8/c1-24(2,3)35-23(32)26-18(14-25-22(31)34-15-16-8-6-5-7-9-16)20(29)27-17(12-13-28)10-11-19(27)21(30)33-4/h5-9,13,17-19H,10-12,14-15H2,1-4H3,(H,25,31)(H,26,32)/t17?,18-,19-/m0/s1. The van der Waals surface area contributed by atoms with Crippen LogP contribution < -0.4 is 10.6 Å². The maximum Gasteiger partial charge on any atom is 0.408 e. The molecule has 192 valence electrons. The number of carbonyl (C=O) groups is 5. The highest BCUT2D eigenvalue weighted by atomic mass is 16.6. The zero-order chi connectivity index (χ0) is 26.0. The van der Waals surface area contributed by atoms with Gasteiger partial charge < -0.3 is 34.5 Å². The Hall–Kier alpha value is -3.63. The lowest BCUT2D eigenvalue weighted by molar-refractivity contribution is -0.153. The smallest absolute Gasteiger partial charge is 0.408 e. The van der Waals surface area contributed by atoms with Crippen molar-refractivity contribution in [2.45, 2.75) is 70.4 Å². The Morgan fingerprint density at radius 1 is 1.11 bits per heavy atom. The molecule has 1 aliphatic rings. The predicted octanol–water partition coefficient (Wildman–Crippen LogP) is 1.93. The second-order valence-electron chi connectivity index (χ2n) is 9.06. The van der Waals surface area contributed by atoms with Gasteiger partial charge in [0.2, 0.25) is 5.91 Å². The third-order valence-corrected chi connectivity index (χ3v) is 5.25. The van der Waals surface area contributed by atoms with Crippen molar-refractivity contribution in [1.29, 1.82) is 0 Å². The van der Waals surface area contributed by atoms with Crippen LogP contribution in [0, 0.1) is 0 Å². The highest BCUT2D eigenvalue weighted by Gasteiger charge is 2.44. The van der Waals surface area contributed by atoms with Gasteiger partial charge in [0.15, 0.2) is 0 Å². The number of methoxy groups -OCH3 is 1. The molecule has 0 spiro atoms. The van der Waals surface area contributed by atoms with Crippen LogP contribution in [0.4, 0.5) is 9.59 Å². The maximum atomic E-state index is 13.5. The minimum Gasteiger partial charge on any atom is -0.467 e. The van der Waals surface area contributed by atoms with E-state index in [0.29, 0.717) is 19.1 Å². The zero-order valence-electron chi connectivity index (χ0n) is 20.4. The van der Waals surface area contributed by atoms with Crippen LogP contribution in [0.15, 0.2) is 30.3 Å². The molecule has 11 nitrogen and oxygen atoms in total. The number of carbonyl (C=O) groups excluding carboxylic acids is 5. The lowest BCUT2D eigenvalue weighted by atomic mass is 10.1. The van der Waals surface area contributed by atoms with Crippen LogP contribution >= 0.6 is 0 Å². The summed E-state index contributed by atoms with van der Waals surface area (Å²) >= 11 is 0. The second kappa shape index (κ2) is 12.7. The molecule has 1 aromatic carbocycles. The number of rotatable bonds is 9. The summed E-state index contributed by atoms with van der Waals surface area (Å²) in [5, 5.41) is 4.92. The fourth-order valence-corrected chi connectivity index (χ4v) is 3.72. The number of benzene rings is 1. The van der Waals surface area contributed by atoms with E-state index in [1.807, 2.05) is 6.07 Å². The van der Waals surface area contributed by atoms with Crippen LogP contribution in [-0.2, 0) is 35.2 Å². The molecule has 1 heterocycles. The van der Waals surface area contributed by atoms with Crippen LogP contribution in [0.25, 0.3) is 0 Å². The van der Waals surface area contributed by atoms with Gasteiger partial charge in [-0.1, -0.05) is 30.3 Å². The van der Waals surface area contributed by atoms with Crippen molar-refractivity contribution in [2.75, 3.05) is 13.7 Å². The van der Waals surface area contributed by atoms with Gasteiger partial charge in [0, 0.05) is 12.5 Å². The van der Waals surface area contributed by atoms with Crippen LogP contribution in [-0.4, -0.2) is 72.6 Å². The van der Waals surface area contributed by atoms with Gasteiger partial charge in [-0.15, -0.1) is 0 Å². The fourth-order valence-electron chi connectivity index (χ4n) is 3.72. The first-order valence-corrected chi connectivity index (χ1v) is 11.3. The normalized spacial score (nSPS) is 18.2. The van der Waals surface area contributed by atoms with Gasteiger partial charge in [0.1, 0.15) is 30.6 Å². The minimum atomic E-state index is -1.28. The number of nitrogens with one attached hydrogen (secondary N) is 2. The van der Waals surface area contributed by atoms with Gasteiger partial charge in [-0.25, -0.2) is 14.4 Å². The van der Waals surface area contributed by atoms with Crippen LogP contribution in [0.5, 0.6) is 0 Å². The van der Waals surface area contributed by atoms with Crippen LogP contribution in [0.2, 0.25) is 0 Å². The summed E-state index contributed by atoms with van der Waals surface area (Å²) in [6, 6.07) is 6.28. The number of alkyl carbamates (subject to hydrolysis) is 2. The molecule has 0 saturated carbocycles. The third-order valence-electron chi connectivity index (χ3n) is 5.25. The van der Waals surface area contributed by atoms with Gasteiger partial charge in [0.05, 0.1) is 13.7 Å². The molecule has 0 bridgehead atoms. The van der Waals surface area contributed by atoms with Crippen molar-refractivity contribution in [2.24, 2.45) is 0 Å². The van der Waals surface area contributed by atoms with E-state index in [2.05, 4.69) is 10.6 Å². The molecule has 1 aromatic rings. The zero-order valence-corrected chi connectivity index (χ0v) is 20.4. The number of esters is 1. The quantitative estimate of drug-likeness (QED) is 0.303. The lowest BCUT2D eigenvalue weighted by Crippen LogP contribution is -2.58. The molecular weight excluding hydrogens is 458 g/mol. The first kappa shape index (κ1) is 27.6. The molecular formula is C24H33N3O8. The van der Waals surface area contributed by atoms with Crippen molar-refractivity contribution >= 4 is 30.3 Å². The summed E-state index contributed by atoms with van der Waals surface area (Å²) in [5.41, 5.74) is -0.0565. The van der Waals surface area contributed by atoms with Crippen molar-refractivity contribution in [3.63, 3.8) is 0 Å². The molecule has 1 fully saturated rings. The van der Waals surface area contributed by atoms with Gasteiger partial charge in [0.25, 0.3) is 0 Å². The Bertz CT molecular complexity index is 900. The SMILES string of the molecule is COC(=O)[C@@H]1CCC(CC=O)N1C(=O)[C@H](CNC(=O)OCc1ccccc1)NC(=O)OC(C)(C)C. The van der Waals surface area contributed by atoms with Crippen LogP contribution in [0.1, 0.15) is 45.6 Å². The van der Waals surface area contributed by atoms with E-state index in [9.17, 15) is 24.0 Å². The summed E-state index contributed by atoms with van der Waals surface area (Å²) in [4.78, 5) is 62.9. The predicted molar refractivity (Wildman–Crippen MR) is 124 cm³/mol. The molecule has 35 heavy (non-hydrogen) atoms. The summed E-state index contributed by atoms with van der Waals surface area (Å²) in [6.07, 6.45) is -0.270. The average Bonchev–Trinajstić information content (AvgIpc) is 3.22. The molecule has 2 N–H and O–H groups in total. The summed E-state index contributed by atoms with van der Waals surface area (Å²) < 4.78 is 15.2. The van der Waals surface area contributed by atoms with Crippen molar-refractivity contribution in [3.8, 4) is 0 Å². The molecule has 1 saturated heterocycles. The molecule has 2 rings (SSSR count). The van der Waals surface area contributed by atoms with Crippen LogP contribution in [0.3, 0.4) is 0 Å². The van der Waals surface area contributed by atoms with Crippen molar-refractivity contribution < 1.29 is 38.2 Å². The Balaban J connectivity index is 2.15. The summed E-state index contributed by atoms with van der Waals surface area (Å²) in [6.45, 7) is 4.68. The van der Waals surface area contributed by atoms with Gasteiger partial charge in [-0.05, 0) is 39.2 Å². The van der Waals surface area contributed by atoms with Crippen molar-refractivity contribution in [3.05, 3.63) is 35.9 Å². The van der Waals surface area contributed by atoms with Crippen molar-refractivity contribution in [1.82, 2.24) is 15.5 Å². The molecule has 3 amide bonds. The fraction of sp³-hybridized carbons (Fsp3) is 0.542. The third kappa shape index (κ3) is 8.58. The molecule has 3 atom stereocenters. The first-order chi connectivity index (χ1) is 16.6. The first-order valence-electron chi connectivity index (χ1n) is 11.3. The number of amides is 3. The van der Waals surface area contributed by atoms with Gasteiger partial charge >= 0.3 is 18.2 Å². The number of aldehydes is 1. The van der Waals surface area contributed by atoms with E-state index in [1.165, 1.54) is 12.0 Å². The Morgan fingerprint density at radius 3 is 2.40 bits per heavy atom. The number of hydrogen-bond donors (Lipinski definition) is 2. The van der Waals surface area contributed by atoms with E-state index in [4.69, 9.17) is 14.2 Å². The van der Waals surface area contributed by atoms with E-state index >= 15 is 0 Å². The van der Waals surface area contributed by atoms with E-state index in [1.54, 1.807) is 45.0 Å². The average molecular weight is 492 g/mol. The monoisotopic (exact) mass is 491 g/mol. The second-order valence-corrected chi connectivity index (χ2v) is 9.06. The Kier molecular flexibility index (Phi) is 10.0. The topological polar surface area (TPSA) is 140 Å². The largest absolute Gasteiger partial charge is 0.467 e. The lowest BCUT2D eigenvalue weighted by Gasteiger charge is -2.32.